The van der Waals surface area contributed by atoms with E-state index < -0.39 is 5.97 Å². The van der Waals surface area contributed by atoms with Crippen LogP contribution in [-0.2, 0) is 11.3 Å². The van der Waals surface area contributed by atoms with E-state index in [0.717, 1.165) is 0 Å². The molecule has 0 radical (unpaired) electrons. The van der Waals surface area contributed by atoms with Gasteiger partial charge in [0.25, 0.3) is 5.56 Å². The zero-order valence-corrected chi connectivity index (χ0v) is 14.5. The van der Waals surface area contributed by atoms with E-state index in [9.17, 15) is 9.59 Å². The predicted molar refractivity (Wildman–Crippen MR) is 94.5 cm³/mol. The number of benzene rings is 2. The van der Waals surface area contributed by atoms with E-state index >= 15 is 0 Å². The molecule has 0 spiro atoms. The number of nitrogens with zero attached hydrogens (tertiary/aromatic N) is 1. The molecule has 0 aliphatic heterocycles. The number of H-pyrrole nitrogens is 1. The fraction of sp³-hybridized carbons (Fsp3) is 0.118. The summed E-state index contributed by atoms with van der Waals surface area (Å²) in [7, 11) is 1.28. The highest BCUT2D eigenvalue weighted by Gasteiger charge is 2.11. The van der Waals surface area contributed by atoms with Crippen LogP contribution in [0.5, 0.6) is 5.75 Å². The molecule has 2 aromatic carbocycles. The lowest BCUT2D eigenvalue weighted by Crippen LogP contribution is -2.14. The molecular formula is C17H12Cl2N2O4. The summed E-state index contributed by atoms with van der Waals surface area (Å²) in [4.78, 5) is 30.7. The molecular weight excluding hydrogens is 367 g/mol. The maximum absolute atomic E-state index is 12.2. The van der Waals surface area contributed by atoms with Crippen molar-refractivity contribution >= 4 is 40.1 Å². The minimum absolute atomic E-state index is 0.00498. The van der Waals surface area contributed by atoms with Crippen LogP contribution in [0.4, 0.5) is 0 Å². The molecule has 0 saturated carbocycles. The normalized spacial score (nSPS) is 10.7. The van der Waals surface area contributed by atoms with E-state index in [1.54, 1.807) is 18.2 Å². The zero-order valence-electron chi connectivity index (χ0n) is 13.0. The van der Waals surface area contributed by atoms with E-state index in [4.69, 9.17) is 27.9 Å². The Bertz CT molecular complexity index is 1020. The molecule has 25 heavy (non-hydrogen) atoms. The summed E-state index contributed by atoms with van der Waals surface area (Å²) in [5, 5.41) is 1.20. The molecule has 6 nitrogen and oxygen atoms in total. The second-order valence-electron chi connectivity index (χ2n) is 5.10. The van der Waals surface area contributed by atoms with Crippen LogP contribution in [0.1, 0.15) is 16.2 Å². The highest BCUT2D eigenvalue weighted by atomic mass is 35.5. The fourth-order valence-electron chi connectivity index (χ4n) is 2.24. The van der Waals surface area contributed by atoms with E-state index in [-0.39, 0.29) is 12.2 Å². The number of ether oxygens (including phenoxy) is 2. The number of aromatic amines is 1. The molecule has 0 aliphatic rings. The van der Waals surface area contributed by atoms with Crippen molar-refractivity contribution in [1.29, 1.82) is 0 Å². The van der Waals surface area contributed by atoms with Gasteiger partial charge in [0.1, 0.15) is 18.2 Å². The van der Waals surface area contributed by atoms with Crippen molar-refractivity contribution in [3.05, 3.63) is 68.2 Å². The summed E-state index contributed by atoms with van der Waals surface area (Å²) in [6.07, 6.45) is 0. The molecule has 3 aromatic rings. The number of carbonyl (C=O) groups excluding carboxylic acids is 1. The smallest absolute Gasteiger partial charge is 0.337 e. The number of aromatic nitrogens is 2. The van der Waals surface area contributed by atoms with Gasteiger partial charge >= 0.3 is 5.97 Å². The topological polar surface area (TPSA) is 81.3 Å². The van der Waals surface area contributed by atoms with Gasteiger partial charge in [0.15, 0.2) is 0 Å². The molecule has 1 aromatic heterocycles. The average Bonchev–Trinajstić information content (AvgIpc) is 2.59. The lowest BCUT2D eigenvalue weighted by Gasteiger charge is -2.08. The van der Waals surface area contributed by atoms with Gasteiger partial charge in [-0.15, -0.1) is 0 Å². The Morgan fingerprint density at radius 1 is 1.20 bits per heavy atom. The Balaban J connectivity index is 1.91. The third-order valence-electron chi connectivity index (χ3n) is 3.44. The van der Waals surface area contributed by atoms with E-state index in [1.807, 2.05) is 0 Å². The van der Waals surface area contributed by atoms with Crippen LogP contribution in [0.3, 0.4) is 0 Å². The SMILES string of the molecule is COC(=O)c1ccc2c(=O)[nH]c(COc3ccc(Cl)cc3Cl)nc2c1. The number of nitrogens with one attached hydrogen (secondary N) is 1. The summed E-state index contributed by atoms with van der Waals surface area (Å²) in [5.74, 6) is 0.206. The Morgan fingerprint density at radius 2 is 2.00 bits per heavy atom. The Labute approximate surface area is 152 Å². The zero-order chi connectivity index (χ0) is 18.0. The minimum Gasteiger partial charge on any atom is -0.484 e. The largest absolute Gasteiger partial charge is 0.484 e. The van der Waals surface area contributed by atoms with Gasteiger partial charge in [-0.05, 0) is 36.4 Å². The number of rotatable bonds is 4. The molecule has 0 atom stereocenters. The lowest BCUT2D eigenvalue weighted by atomic mass is 10.1. The third-order valence-corrected chi connectivity index (χ3v) is 3.97. The molecule has 0 saturated heterocycles. The molecule has 0 bridgehead atoms. The number of methoxy groups -OCH3 is 1. The number of halogens is 2. The molecule has 0 fully saturated rings. The van der Waals surface area contributed by atoms with Crippen LogP contribution in [0.2, 0.25) is 10.0 Å². The highest BCUT2D eigenvalue weighted by Crippen LogP contribution is 2.27. The number of hydrogen-bond acceptors (Lipinski definition) is 5. The van der Waals surface area contributed by atoms with Crippen LogP contribution < -0.4 is 10.3 Å². The van der Waals surface area contributed by atoms with Crippen molar-refractivity contribution in [3.63, 3.8) is 0 Å². The third kappa shape index (κ3) is 3.75. The van der Waals surface area contributed by atoms with Gasteiger partial charge in [-0.1, -0.05) is 23.2 Å². The average molecular weight is 379 g/mol. The summed E-state index contributed by atoms with van der Waals surface area (Å²) >= 11 is 11.9. The second kappa shape index (κ2) is 7.13. The van der Waals surface area contributed by atoms with Gasteiger partial charge < -0.3 is 14.5 Å². The van der Waals surface area contributed by atoms with E-state index in [1.165, 1.54) is 25.3 Å². The number of carbonyl (C=O) groups is 1. The first-order valence-corrected chi connectivity index (χ1v) is 7.92. The van der Waals surface area contributed by atoms with Crippen LogP contribution in [0.15, 0.2) is 41.2 Å². The molecule has 0 amide bonds. The first-order valence-electron chi connectivity index (χ1n) is 7.17. The fourth-order valence-corrected chi connectivity index (χ4v) is 2.70. The van der Waals surface area contributed by atoms with Gasteiger partial charge in [0.2, 0.25) is 0 Å². The van der Waals surface area contributed by atoms with Crippen LogP contribution in [-0.4, -0.2) is 23.0 Å². The molecule has 0 aliphatic carbocycles. The van der Waals surface area contributed by atoms with Crippen molar-refractivity contribution in [1.82, 2.24) is 9.97 Å². The molecule has 1 N–H and O–H groups in total. The van der Waals surface area contributed by atoms with Crippen LogP contribution in [0.25, 0.3) is 10.9 Å². The van der Waals surface area contributed by atoms with Crippen molar-refractivity contribution in [2.24, 2.45) is 0 Å². The molecule has 0 unspecified atom stereocenters. The van der Waals surface area contributed by atoms with Gasteiger partial charge in [-0.3, -0.25) is 4.79 Å². The lowest BCUT2D eigenvalue weighted by molar-refractivity contribution is 0.0601. The Hall–Kier alpha value is -2.57. The van der Waals surface area contributed by atoms with Crippen molar-refractivity contribution in [2.45, 2.75) is 6.61 Å². The number of fused-ring (bicyclic) bond motifs is 1. The van der Waals surface area contributed by atoms with Gasteiger partial charge in [-0.2, -0.15) is 0 Å². The molecule has 1 heterocycles. The van der Waals surface area contributed by atoms with Crippen molar-refractivity contribution in [3.8, 4) is 5.75 Å². The Morgan fingerprint density at radius 3 is 2.72 bits per heavy atom. The predicted octanol–water partition coefficient (Wildman–Crippen LogP) is 3.60. The van der Waals surface area contributed by atoms with Gasteiger partial charge in [0, 0.05) is 5.02 Å². The highest BCUT2D eigenvalue weighted by molar-refractivity contribution is 6.35. The molecule has 3 rings (SSSR count). The van der Waals surface area contributed by atoms with Crippen LogP contribution >= 0.6 is 23.2 Å². The molecule has 8 heteroatoms. The Kier molecular flexibility index (Phi) is 4.92. The van der Waals surface area contributed by atoms with Gasteiger partial charge in [0.05, 0.1) is 28.6 Å². The summed E-state index contributed by atoms with van der Waals surface area (Å²) in [5.41, 5.74) is 0.343. The first kappa shape index (κ1) is 17.3. The maximum atomic E-state index is 12.2. The van der Waals surface area contributed by atoms with Crippen LogP contribution in [0, 0.1) is 0 Å². The monoisotopic (exact) mass is 378 g/mol. The standard InChI is InChI=1S/C17H12Cl2N2O4/c1-24-17(23)9-2-4-11-13(6-9)20-15(21-16(11)22)8-25-14-5-3-10(18)7-12(14)19/h2-7H,8H2,1H3,(H,20,21,22). The molecule has 128 valence electrons. The van der Waals surface area contributed by atoms with E-state index in [0.29, 0.717) is 38.1 Å². The summed E-state index contributed by atoms with van der Waals surface area (Å²) in [6.45, 7) is -0.00498. The van der Waals surface area contributed by atoms with E-state index in [2.05, 4.69) is 14.7 Å². The number of esters is 1. The summed E-state index contributed by atoms with van der Waals surface area (Å²) in [6, 6.07) is 9.34. The quantitative estimate of drug-likeness (QED) is 0.701. The van der Waals surface area contributed by atoms with Crippen molar-refractivity contribution < 1.29 is 14.3 Å². The maximum Gasteiger partial charge on any atom is 0.337 e. The number of hydrogen-bond donors (Lipinski definition) is 1. The minimum atomic E-state index is -0.505. The second-order valence-corrected chi connectivity index (χ2v) is 5.94. The van der Waals surface area contributed by atoms with Gasteiger partial charge in [-0.25, -0.2) is 9.78 Å². The van der Waals surface area contributed by atoms with Crippen molar-refractivity contribution in [2.75, 3.05) is 7.11 Å². The first-order chi connectivity index (χ1) is 12.0. The summed E-state index contributed by atoms with van der Waals surface area (Å²) < 4.78 is 10.2.